The predicted molar refractivity (Wildman–Crippen MR) is 99.4 cm³/mol. The molecule has 2 aromatic rings. The van der Waals surface area contributed by atoms with Crippen LogP contribution in [0, 0.1) is 0 Å². The highest BCUT2D eigenvalue weighted by molar-refractivity contribution is 5.98. The van der Waals surface area contributed by atoms with Crippen molar-refractivity contribution < 1.29 is 9.59 Å². The molecule has 6 heteroatoms. The van der Waals surface area contributed by atoms with Gasteiger partial charge in [0.1, 0.15) is 0 Å². The summed E-state index contributed by atoms with van der Waals surface area (Å²) in [6, 6.07) is 13.4. The van der Waals surface area contributed by atoms with Crippen LogP contribution in [0.25, 0.3) is 10.8 Å². The quantitative estimate of drug-likeness (QED) is 0.747. The second-order valence-electron chi connectivity index (χ2n) is 6.20. The molecular weight excluding hydrogens is 326 g/mol. The molecule has 5 nitrogen and oxygen atoms in total. The lowest BCUT2D eigenvalue weighted by atomic mass is 10.1. The van der Waals surface area contributed by atoms with E-state index in [0.717, 1.165) is 10.8 Å². The van der Waals surface area contributed by atoms with Crippen LogP contribution in [0.3, 0.4) is 0 Å². The van der Waals surface area contributed by atoms with Gasteiger partial charge in [-0.3, -0.25) is 9.59 Å². The van der Waals surface area contributed by atoms with Gasteiger partial charge < -0.3 is 16.4 Å². The molecule has 0 aliphatic heterocycles. The van der Waals surface area contributed by atoms with Crippen molar-refractivity contribution in [3.05, 3.63) is 48.0 Å². The summed E-state index contributed by atoms with van der Waals surface area (Å²) in [6.45, 7) is 4.37. The van der Waals surface area contributed by atoms with Crippen molar-refractivity contribution >= 4 is 35.0 Å². The highest BCUT2D eigenvalue weighted by Gasteiger charge is 2.17. The Labute approximate surface area is 148 Å². The average molecular weight is 350 g/mol. The maximum atomic E-state index is 12.1. The Morgan fingerprint density at radius 1 is 1.08 bits per heavy atom. The normalized spacial score (nSPS) is 10.8. The van der Waals surface area contributed by atoms with Gasteiger partial charge >= 0.3 is 0 Å². The summed E-state index contributed by atoms with van der Waals surface area (Å²) in [5.41, 5.74) is 5.73. The first-order valence-electron chi connectivity index (χ1n) is 7.69. The molecule has 0 fully saturated rings. The molecule has 24 heavy (non-hydrogen) atoms. The van der Waals surface area contributed by atoms with Gasteiger partial charge in [0, 0.05) is 30.6 Å². The van der Waals surface area contributed by atoms with Crippen molar-refractivity contribution in [1.82, 2.24) is 10.6 Å². The first-order valence-corrected chi connectivity index (χ1v) is 7.69. The van der Waals surface area contributed by atoms with Crippen LogP contribution in [-0.2, 0) is 4.79 Å². The maximum Gasteiger partial charge on any atom is 0.251 e. The monoisotopic (exact) mass is 349 g/mol. The number of carbonyl (C=O) groups is 2. The van der Waals surface area contributed by atoms with Gasteiger partial charge in [-0.2, -0.15) is 0 Å². The summed E-state index contributed by atoms with van der Waals surface area (Å²) in [7, 11) is 0. The molecule has 130 valence electrons. The van der Waals surface area contributed by atoms with E-state index in [2.05, 4.69) is 10.6 Å². The van der Waals surface area contributed by atoms with Crippen molar-refractivity contribution in [1.29, 1.82) is 0 Å². The zero-order valence-electron chi connectivity index (χ0n) is 14.0. The minimum Gasteiger partial charge on any atom is -0.352 e. The molecule has 0 radical (unpaired) electrons. The van der Waals surface area contributed by atoms with Gasteiger partial charge in [-0.25, -0.2) is 0 Å². The van der Waals surface area contributed by atoms with Crippen LogP contribution in [0.2, 0.25) is 0 Å². The van der Waals surface area contributed by atoms with E-state index in [1.165, 1.54) is 0 Å². The summed E-state index contributed by atoms with van der Waals surface area (Å²) in [4.78, 5) is 23.9. The molecular formula is C18H24ClN3O2. The maximum absolute atomic E-state index is 12.1. The molecule has 4 N–H and O–H groups in total. The number of halogens is 1. The lowest BCUT2D eigenvalue weighted by molar-refractivity contribution is -0.122. The van der Waals surface area contributed by atoms with Crippen LogP contribution in [0.5, 0.6) is 0 Å². The van der Waals surface area contributed by atoms with Crippen molar-refractivity contribution in [3.63, 3.8) is 0 Å². The highest BCUT2D eigenvalue weighted by Crippen LogP contribution is 2.15. The largest absolute Gasteiger partial charge is 0.352 e. The predicted octanol–water partition coefficient (Wildman–Crippen LogP) is 2.24. The first kappa shape index (κ1) is 19.9. The molecule has 2 aromatic carbocycles. The first-order chi connectivity index (χ1) is 10.9. The number of hydrogen-bond acceptors (Lipinski definition) is 3. The fraction of sp³-hybridized carbons (Fsp3) is 0.333. The number of carbonyl (C=O) groups excluding carboxylic acids is 2. The van der Waals surface area contributed by atoms with Crippen LogP contribution >= 0.6 is 12.4 Å². The molecule has 0 atom stereocenters. The second-order valence-corrected chi connectivity index (χ2v) is 6.20. The molecule has 0 heterocycles. The Kier molecular flexibility index (Phi) is 7.19. The summed E-state index contributed by atoms with van der Waals surface area (Å²) in [6.07, 6.45) is 0.225. The minimum absolute atomic E-state index is 0. The summed E-state index contributed by atoms with van der Waals surface area (Å²) >= 11 is 0. The molecule has 2 rings (SSSR count). The molecule has 0 aliphatic carbocycles. The fourth-order valence-electron chi connectivity index (χ4n) is 2.21. The Balaban J connectivity index is 0.00000288. The number of nitrogens with one attached hydrogen (secondary N) is 2. The molecule has 0 aromatic heterocycles. The molecule has 0 aliphatic rings. The average Bonchev–Trinajstić information content (AvgIpc) is 2.53. The van der Waals surface area contributed by atoms with Gasteiger partial charge in [0.25, 0.3) is 5.91 Å². The van der Waals surface area contributed by atoms with E-state index in [1.54, 1.807) is 6.07 Å². The van der Waals surface area contributed by atoms with E-state index in [-0.39, 0.29) is 37.2 Å². The van der Waals surface area contributed by atoms with Gasteiger partial charge in [0.05, 0.1) is 0 Å². The molecule has 0 saturated heterocycles. The number of rotatable bonds is 6. The van der Waals surface area contributed by atoms with E-state index >= 15 is 0 Å². The van der Waals surface area contributed by atoms with E-state index in [1.807, 2.05) is 50.2 Å². The second kappa shape index (κ2) is 8.66. The van der Waals surface area contributed by atoms with E-state index in [9.17, 15) is 9.59 Å². The van der Waals surface area contributed by atoms with Gasteiger partial charge in [0.2, 0.25) is 5.91 Å². The highest BCUT2D eigenvalue weighted by atomic mass is 35.5. The molecule has 2 amide bonds. The van der Waals surface area contributed by atoms with Gasteiger partial charge in [-0.05, 0) is 36.8 Å². The van der Waals surface area contributed by atoms with Crippen LogP contribution in [-0.4, -0.2) is 30.4 Å². The molecule has 0 bridgehead atoms. The third kappa shape index (κ3) is 5.51. The smallest absolute Gasteiger partial charge is 0.251 e. The summed E-state index contributed by atoms with van der Waals surface area (Å²) in [5, 5.41) is 7.70. The number of amides is 2. The van der Waals surface area contributed by atoms with E-state index < -0.39 is 5.54 Å². The van der Waals surface area contributed by atoms with Crippen LogP contribution in [0.4, 0.5) is 0 Å². The van der Waals surface area contributed by atoms with E-state index in [0.29, 0.717) is 12.1 Å². The molecule has 0 saturated carbocycles. The fourth-order valence-corrected chi connectivity index (χ4v) is 2.21. The topological polar surface area (TPSA) is 84.2 Å². The Bertz CT molecular complexity index is 716. The van der Waals surface area contributed by atoms with Crippen LogP contribution in [0.15, 0.2) is 42.5 Å². The number of fused-ring (bicyclic) bond motifs is 1. The number of benzene rings is 2. The third-order valence-electron chi connectivity index (χ3n) is 3.64. The van der Waals surface area contributed by atoms with Crippen molar-refractivity contribution in [2.24, 2.45) is 5.73 Å². The van der Waals surface area contributed by atoms with Gasteiger partial charge in [0.15, 0.2) is 0 Å². The molecule has 0 unspecified atom stereocenters. The van der Waals surface area contributed by atoms with Crippen LogP contribution in [0.1, 0.15) is 30.6 Å². The van der Waals surface area contributed by atoms with Crippen molar-refractivity contribution in [2.45, 2.75) is 25.8 Å². The number of nitrogens with two attached hydrogens (primary N) is 1. The van der Waals surface area contributed by atoms with Crippen molar-refractivity contribution in [3.8, 4) is 0 Å². The van der Waals surface area contributed by atoms with Gasteiger partial charge in [-0.15, -0.1) is 12.4 Å². The Morgan fingerprint density at radius 2 is 1.75 bits per heavy atom. The minimum atomic E-state index is -0.431. The lowest BCUT2D eigenvalue weighted by Crippen LogP contribution is -2.49. The standard InChI is InChI=1S/C18H23N3O2.ClH/c1-18(2,12-19)21-16(22)9-10-20-17(23)15-8-7-13-5-3-4-6-14(13)11-15;/h3-8,11H,9-10,12,19H2,1-2H3,(H,20,23)(H,21,22);1H. The Morgan fingerprint density at radius 3 is 2.42 bits per heavy atom. The lowest BCUT2D eigenvalue weighted by Gasteiger charge is -2.24. The SMILES string of the molecule is CC(C)(CN)NC(=O)CCNC(=O)c1ccc2ccccc2c1.Cl. The summed E-state index contributed by atoms with van der Waals surface area (Å²) in [5.74, 6) is -0.305. The zero-order valence-corrected chi connectivity index (χ0v) is 14.8. The zero-order chi connectivity index (χ0) is 16.9. The van der Waals surface area contributed by atoms with Crippen LogP contribution < -0.4 is 16.4 Å². The summed E-state index contributed by atoms with van der Waals surface area (Å²) < 4.78 is 0. The van der Waals surface area contributed by atoms with Gasteiger partial charge in [-0.1, -0.05) is 30.3 Å². The Hall–Kier alpha value is -2.11. The van der Waals surface area contributed by atoms with Crippen molar-refractivity contribution in [2.75, 3.05) is 13.1 Å². The molecule has 0 spiro atoms. The number of hydrogen-bond donors (Lipinski definition) is 3. The third-order valence-corrected chi connectivity index (χ3v) is 3.64. The van der Waals surface area contributed by atoms with E-state index in [4.69, 9.17) is 5.73 Å².